The van der Waals surface area contributed by atoms with Gasteiger partial charge in [0.1, 0.15) is 5.92 Å². The molecule has 0 amide bonds. The van der Waals surface area contributed by atoms with E-state index in [1.54, 1.807) is 0 Å². The maximum Gasteiger partial charge on any atom is 0.313 e. The van der Waals surface area contributed by atoms with Crippen molar-refractivity contribution < 1.29 is 14.4 Å². The van der Waals surface area contributed by atoms with E-state index < -0.39 is 0 Å². The van der Waals surface area contributed by atoms with Crippen LogP contribution in [-0.4, -0.2) is 24.7 Å². The van der Waals surface area contributed by atoms with Gasteiger partial charge in [-0.2, -0.15) is 0 Å². The van der Waals surface area contributed by atoms with E-state index in [4.69, 9.17) is 9.57 Å². The number of H-pyrrole nitrogens is 1. The predicted octanol–water partition coefficient (Wildman–Crippen LogP) is 3.45. The molecule has 0 spiro atoms. The lowest BCUT2D eigenvalue weighted by Gasteiger charge is -2.26. The average molecular weight is 322 g/mol. The number of aromatic nitrogens is 1. The standard InChI is InChI=1S/C19H18N2O3/c1-23-19(22)16-12-24-21(13-7-3-2-4-8-13)18(16)15-11-20-17-10-6-5-9-14(15)17/h2-11,16,18,20H,12H2,1H3/t16-,18-/m0/s1. The summed E-state index contributed by atoms with van der Waals surface area (Å²) in [5, 5.41) is 2.90. The molecule has 0 radical (unpaired) electrons. The minimum absolute atomic E-state index is 0.240. The molecule has 2 atom stereocenters. The van der Waals surface area contributed by atoms with Gasteiger partial charge in [0.2, 0.25) is 0 Å². The number of carbonyl (C=O) groups is 1. The Morgan fingerprint density at radius 3 is 2.71 bits per heavy atom. The lowest BCUT2D eigenvalue weighted by Crippen LogP contribution is -2.28. The van der Waals surface area contributed by atoms with Crippen molar-refractivity contribution in [1.82, 2.24) is 4.98 Å². The molecule has 0 bridgehead atoms. The Kier molecular flexibility index (Phi) is 3.70. The summed E-state index contributed by atoms with van der Waals surface area (Å²) in [6.45, 7) is 0.297. The molecule has 0 aliphatic carbocycles. The van der Waals surface area contributed by atoms with Gasteiger partial charge < -0.3 is 9.72 Å². The molecule has 1 aliphatic heterocycles. The largest absolute Gasteiger partial charge is 0.469 e. The monoisotopic (exact) mass is 322 g/mol. The molecule has 1 aliphatic rings. The summed E-state index contributed by atoms with van der Waals surface area (Å²) >= 11 is 0. The van der Waals surface area contributed by atoms with Gasteiger partial charge in [0.25, 0.3) is 0 Å². The number of carbonyl (C=O) groups excluding carboxylic acids is 1. The minimum Gasteiger partial charge on any atom is -0.469 e. The lowest BCUT2D eigenvalue weighted by molar-refractivity contribution is -0.145. The highest BCUT2D eigenvalue weighted by Crippen LogP contribution is 2.41. The quantitative estimate of drug-likeness (QED) is 0.751. The van der Waals surface area contributed by atoms with Crippen LogP contribution in [0, 0.1) is 5.92 Å². The van der Waals surface area contributed by atoms with Crippen molar-refractivity contribution in [3.8, 4) is 0 Å². The Labute approximate surface area is 139 Å². The number of benzene rings is 2. The average Bonchev–Trinajstić information content (AvgIpc) is 3.25. The van der Waals surface area contributed by atoms with E-state index in [1.807, 2.05) is 59.8 Å². The van der Waals surface area contributed by atoms with Crippen LogP contribution in [0.4, 0.5) is 5.69 Å². The fraction of sp³-hybridized carbons (Fsp3) is 0.211. The van der Waals surface area contributed by atoms with Gasteiger partial charge in [0.05, 0.1) is 25.4 Å². The molecular formula is C19H18N2O3. The third-order valence-corrected chi connectivity index (χ3v) is 4.48. The van der Waals surface area contributed by atoms with E-state index in [9.17, 15) is 4.79 Å². The second-order valence-electron chi connectivity index (χ2n) is 5.82. The van der Waals surface area contributed by atoms with Crippen molar-refractivity contribution in [2.45, 2.75) is 6.04 Å². The van der Waals surface area contributed by atoms with Crippen LogP contribution < -0.4 is 5.06 Å². The molecule has 1 aromatic heterocycles. The first kappa shape index (κ1) is 14.8. The molecule has 1 fully saturated rings. The first-order valence-electron chi connectivity index (χ1n) is 7.90. The number of nitrogens with zero attached hydrogens (tertiary/aromatic N) is 1. The van der Waals surface area contributed by atoms with E-state index in [-0.39, 0.29) is 17.9 Å². The Morgan fingerprint density at radius 2 is 1.92 bits per heavy atom. The summed E-state index contributed by atoms with van der Waals surface area (Å²) in [7, 11) is 1.42. The molecule has 5 heteroatoms. The molecule has 24 heavy (non-hydrogen) atoms. The van der Waals surface area contributed by atoms with Crippen LogP contribution in [0.2, 0.25) is 0 Å². The van der Waals surface area contributed by atoms with Crippen molar-refractivity contribution >= 4 is 22.6 Å². The summed E-state index contributed by atoms with van der Waals surface area (Å²) in [4.78, 5) is 21.5. The van der Waals surface area contributed by atoms with E-state index in [0.29, 0.717) is 6.61 Å². The van der Waals surface area contributed by atoms with Gasteiger partial charge in [-0.3, -0.25) is 9.63 Å². The number of hydrogen-bond acceptors (Lipinski definition) is 4. The van der Waals surface area contributed by atoms with Gasteiger partial charge in [0, 0.05) is 22.7 Å². The van der Waals surface area contributed by atoms with Gasteiger partial charge in [-0.15, -0.1) is 0 Å². The Balaban J connectivity index is 1.83. The molecule has 0 saturated carbocycles. The van der Waals surface area contributed by atoms with Crippen LogP contribution >= 0.6 is 0 Å². The number of anilines is 1. The zero-order chi connectivity index (χ0) is 16.5. The van der Waals surface area contributed by atoms with Crippen LogP contribution in [0.25, 0.3) is 10.9 Å². The minimum atomic E-state index is -0.380. The first-order valence-corrected chi connectivity index (χ1v) is 7.90. The number of para-hydroxylation sites is 2. The number of methoxy groups -OCH3 is 1. The molecule has 1 saturated heterocycles. The van der Waals surface area contributed by atoms with Crippen molar-refractivity contribution in [3.05, 3.63) is 66.4 Å². The summed E-state index contributed by atoms with van der Waals surface area (Å²) in [6, 6.07) is 17.6. The van der Waals surface area contributed by atoms with Gasteiger partial charge in [-0.05, 0) is 18.2 Å². The van der Waals surface area contributed by atoms with Crippen LogP contribution in [0.1, 0.15) is 11.6 Å². The second kappa shape index (κ2) is 6.02. The van der Waals surface area contributed by atoms with Crippen LogP contribution in [-0.2, 0) is 14.4 Å². The summed E-state index contributed by atoms with van der Waals surface area (Å²) in [5.41, 5.74) is 2.98. The predicted molar refractivity (Wildman–Crippen MR) is 91.4 cm³/mol. The summed E-state index contributed by atoms with van der Waals surface area (Å²) in [6.07, 6.45) is 1.95. The lowest BCUT2D eigenvalue weighted by atomic mass is 9.93. The fourth-order valence-corrected chi connectivity index (χ4v) is 3.34. The second-order valence-corrected chi connectivity index (χ2v) is 5.82. The molecule has 0 unspecified atom stereocenters. The molecule has 1 N–H and O–H groups in total. The summed E-state index contributed by atoms with van der Waals surface area (Å²) < 4.78 is 5.00. The Hall–Kier alpha value is -2.79. The molecule has 4 rings (SSSR count). The van der Waals surface area contributed by atoms with E-state index in [0.717, 1.165) is 22.2 Å². The fourth-order valence-electron chi connectivity index (χ4n) is 3.34. The Morgan fingerprint density at radius 1 is 1.17 bits per heavy atom. The normalized spacial score (nSPS) is 20.5. The SMILES string of the molecule is COC(=O)[C@H]1CON(c2ccccc2)[C@H]1c1c[nH]c2ccccc12. The number of esters is 1. The van der Waals surface area contributed by atoms with E-state index in [1.165, 1.54) is 7.11 Å². The molecular weight excluding hydrogens is 304 g/mol. The molecule has 3 aromatic rings. The third kappa shape index (κ3) is 2.34. The molecule has 2 aromatic carbocycles. The first-order chi connectivity index (χ1) is 11.8. The van der Waals surface area contributed by atoms with Crippen molar-refractivity contribution in [1.29, 1.82) is 0 Å². The number of hydrogen-bond donors (Lipinski definition) is 1. The number of rotatable bonds is 3. The highest BCUT2D eigenvalue weighted by atomic mass is 16.7. The molecule has 122 valence electrons. The highest BCUT2D eigenvalue weighted by Gasteiger charge is 2.43. The zero-order valence-electron chi connectivity index (χ0n) is 13.3. The molecule has 5 nitrogen and oxygen atoms in total. The zero-order valence-corrected chi connectivity index (χ0v) is 13.3. The highest BCUT2D eigenvalue weighted by molar-refractivity contribution is 5.85. The van der Waals surface area contributed by atoms with E-state index in [2.05, 4.69) is 11.1 Å². The maximum absolute atomic E-state index is 12.3. The maximum atomic E-state index is 12.3. The van der Waals surface area contributed by atoms with Gasteiger partial charge in [0.15, 0.2) is 0 Å². The third-order valence-electron chi connectivity index (χ3n) is 4.48. The van der Waals surface area contributed by atoms with Gasteiger partial charge >= 0.3 is 5.97 Å². The van der Waals surface area contributed by atoms with Gasteiger partial charge in [-0.25, -0.2) is 5.06 Å². The number of hydroxylamine groups is 1. The number of nitrogens with one attached hydrogen (secondary N) is 1. The smallest absolute Gasteiger partial charge is 0.313 e. The van der Waals surface area contributed by atoms with E-state index >= 15 is 0 Å². The number of aromatic amines is 1. The summed E-state index contributed by atoms with van der Waals surface area (Å²) in [5.74, 6) is -0.641. The van der Waals surface area contributed by atoms with Crippen LogP contribution in [0.5, 0.6) is 0 Å². The topological polar surface area (TPSA) is 54.6 Å². The van der Waals surface area contributed by atoms with Gasteiger partial charge in [-0.1, -0.05) is 36.4 Å². The number of fused-ring (bicyclic) bond motifs is 1. The van der Waals surface area contributed by atoms with Crippen LogP contribution in [0.3, 0.4) is 0 Å². The van der Waals surface area contributed by atoms with Crippen molar-refractivity contribution in [2.75, 3.05) is 18.8 Å². The Bertz CT molecular complexity index is 859. The van der Waals surface area contributed by atoms with Crippen LogP contribution in [0.15, 0.2) is 60.8 Å². The molecule has 2 heterocycles. The van der Waals surface area contributed by atoms with Crippen molar-refractivity contribution in [2.24, 2.45) is 5.92 Å². The van der Waals surface area contributed by atoms with Crippen molar-refractivity contribution in [3.63, 3.8) is 0 Å². The number of ether oxygens (including phenoxy) is 1.